The summed E-state index contributed by atoms with van der Waals surface area (Å²) in [6, 6.07) is 10.0. The second kappa shape index (κ2) is 22.3. The summed E-state index contributed by atoms with van der Waals surface area (Å²) in [5.41, 5.74) is 1.46. The lowest BCUT2D eigenvalue weighted by Gasteiger charge is -2.31. The Bertz CT molecular complexity index is 2940. The van der Waals surface area contributed by atoms with Gasteiger partial charge in [0.05, 0.1) is 54.7 Å². The summed E-state index contributed by atoms with van der Waals surface area (Å²) < 4.78 is 27.2. The minimum Gasteiger partial charge on any atom is -0.458 e. The molecule has 21 nitrogen and oxygen atoms in total. The van der Waals surface area contributed by atoms with Gasteiger partial charge in [-0.15, -0.1) is 0 Å². The molecule has 7 rings (SSSR count). The Labute approximate surface area is 419 Å². The molecule has 4 heterocycles. The molecule has 2 aromatic carbocycles. The first-order chi connectivity index (χ1) is 34.7. The van der Waals surface area contributed by atoms with Gasteiger partial charge in [-0.05, 0) is 81.7 Å². The van der Waals surface area contributed by atoms with E-state index in [2.05, 4.69) is 37.2 Å². The van der Waals surface area contributed by atoms with Crippen molar-refractivity contribution in [1.29, 1.82) is 0 Å². The molecule has 3 aliphatic rings. The highest BCUT2D eigenvalue weighted by atomic mass is 19.1. The lowest BCUT2D eigenvalue weighted by Crippen LogP contribution is -2.52. The van der Waals surface area contributed by atoms with Crippen LogP contribution in [0.15, 0.2) is 47.3 Å². The largest absolute Gasteiger partial charge is 0.458 e. The molecule has 0 radical (unpaired) electrons. The van der Waals surface area contributed by atoms with E-state index in [4.69, 9.17) is 14.5 Å². The second-order valence-corrected chi connectivity index (χ2v) is 19.2. The molecule has 4 aromatic rings. The summed E-state index contributed by atoms with van der Waals surface area (Å²) in [6.07, 6.45) is 0.300. The van der Waals surface area contributed by atoms with E-state index in [-0.39, 0.29) is 75.4 Å². The minimum atomic E-state index is -2.04. The number of rotatable bonds is 19. The highest BCUT2D eigenvalue weighted by Crippen LogP contribution is 2.46. The Morgan fingerprint density at radius 1 is 0.877 bits per heavy atom. The number of pyridine rings is 2. The van der Waals surface area contributed by atoms with E-state index < -0.39 is 95.9 Å². The smallest absolute Gasteiger partial charge is 0.407 e. The monoisotopic (exact) mass is 1010 g/mol. The fraction of sp³-hybridized carbons (Fsp3) is 0.451. The van der Waals surface area contributed by atoms with Gasteiger partial charge in [-0.2, -0.15) is 0 Å². The number of hydrogen-bond donors (Lipinski definition) is 8. The number of aryl methyl sites for hydroxylation is 1. The van der Waals surface area contributed by atoms with Crippen LogP contribution in [0.25, 0.3) is 22.3 Å². The van der Waals surface area contributed by atoms with Crippen LogP contribution in [-0.4, -0.2) is 107 Å². The standard InChI is InChI=1S/C51H60FN9O12/c1-6-51(71)32-20-37-45-30(25-61(37)47(68)31(32)26-72-48(51)69)44-34(15-14-29-27(2)33(52)21-35(60-45)43(29)44)58-39(63)13-10-17-53-40(64)23-57-46(67)36(19-28-11-8-7-9-12-28)59-42(66)24-56-41(65)22-55-38(62)16-18-54-49(70)73-50(3,4)5/h7-9,11-12,20-21,34,36,71H,6,10,13-19,22-26H2,1-5H3,(H,53,64)(H,54,70)(H,55,62)(H,56,65)(H,57,67)(H,58,63)(H,59,66)/t34?,36?,51-/m0/s1. The van der Waals surface area contributed by atoms with Gasteiger partial charge >= 0.3 is 12.1 Å². The highest BCUT2D eigenvalue weighted by Gasteiger charge is 2.46. The number of amides is 7. The van der Waals surface area contributed by atoms with E-state index in [1.807, 2.05) is 0 Å². The van der Waals surface area contributed by atoms with E-state index in [1.54, 1.807) is 71.0 Å². The van der Waals surface area contributed by atoms with Crippen molar-refractivity contribution in [2.75, 3.05) is 32.7 Å². The Hall–Kier alpha value is -7.75. The molecule has 73 heavy (non-hydrogen) atoms. The van der Waals surface area contributed by atoms with Gasteiger partial charge in [0, 0.05) is 54.9 Å². The lowest BCUT2D eigenvalue weighted by molar-refractivity contribution is -0.172. The molecule has 8 N–H and O–H groups in total. The van der Waals surface area contributed by atoms with Crippen molar-refractivity contribution in [3.05, 3.63) is 97.6 Å². The number of aromatic nitrogens is 2. The number of aliphatic hydroxyl groups is 1. The van der Waals surface area contributed by atoms with Gasteiger partial charge in [0.15, 0.2) is 5.60 Å². The third kappa shape index (κ3) is 12.3. The molecule has 1 aliphatic carbocycles. The van der Waals surface area contributed by atoms with Crippen LogP contribution in [0, 0.1) is 12.7 Å². The number of carbonyl (C=O) groups is 8. The summed E-state index contributed by atoms with van der Waals surface area (Å²) in [5, 5.41) is 30.1. The molecule has 2 aliphatic heterocycles. The molecule has 22 heteroatoms. The molecule has 2 aromatic heterocycles. The average Bonchev–Trinajstić information content (AvgIpc) is 3.72. The Kier molecular flexibility index (Phi) is 16.2. The zero-order valence-corrected chi connectivity index (χ0v) is 41.3. The number of fused-ring (bicyclic) bond motifs is 5. The first-order valence-corrected chi connectivity index (χ1v) is 24.2. The first-order valence-electron chi connectivity index (χ1n) is 24.2. The number of halogens is 1. The Balaban J connectivity index is 0.904. The number of benzene rings is 2. The van der Waals surface area contributed by atoms with Crippen LogP contribution in [-0.2, 0) is 74.6 Å². The maximum atomic E-state index is 15.4. The third-order valence-electron chi connectivity index (χ3n) is 12.9. The van der Waals surface area contributed by atoms with Gasteiger partial charge in [0.2, 0.25) is 35.4 Å². The van der Waals surface area contributed by atoms with Crippen molar-refractivity contribution >= 4 is 58.4 Å². The molecule has 0 saturated carbocycles. The second-order valence-electron chi connectivity index (χ2n) is 19.2. The molecule has 388 valence electrons. The summed E-state index contributed by atoms with van der Waals surface area (Å²) in [7, 11) is 0. The van der Waals surface area contributed by atoms with E-state index in [0.29, 0.717) is 57.4 Å². The van der Waals surface area contributed by atoms with Crippen molar-refractivity contribution in [2.24, 2.45) is 0 Å². The quantitative estimate of drug-likeness (QED) is 0.0431. The molecular formula is C51H60FN9O12. The fourth-order valence-corrected chi connectivity index (χ4v) is 9.20. The van der Waals surface area contributed by atoms with Crippen LogP contribution < -0.4 is 42.8 Å². The van der Waals surface area contributed by atoms with Gasteiger partial charge < -0.3 is 56.4 Å². The average molecular weight is 1010 g/mol. The van der Waals surface area contributed by atoms with Crippen LogP contribution in [0.4, 0.5) is 9.18 Å². The minimum absolute atomic E-state index is 0.00626. The number of cyclic esters (lactones) is 1. The van der Waals surface area contributed by atoms with Gasteiger partial charge in [-0.25, -0.2) is 19.0 Å². The van der Waals surface area contributed by atoms with Crippen LogP contribution in [0.2, 0.25) is 0 Å². The number of esters is 1. The maximum Gasteiger partial charge on any atom is 0.407 e. The topological polar surface area (TPSA) is 294 Å². The van der Waals surface area contributed by atoms with Gasteiger partial charge in [0.1, 0.15) is 24.1 Å². The van der Waals surface area contributed by atoms with Crippen molar-refractivity contribution in [3.8, 4) is 11.4 Å². The van der Waals surface area contributed by atoms with Gasteiger partial charge in [-0.3, -0.25) is 33.6 Å². The summed E-state index contributed by atoms with van der Waals surface area (Å²) in [5.74, 6) is -4.78. The van der Waals surface area contributed by atoms with Crippen molar-refractivity contribution in [2.45, 2.75) is 116 Å². The normalized spacial score (nSPS) is 16.6. The first kappa shape index (κ1) is 53.1. The zero-order chi connectivity index (χ0) is 52.8. The molecule has 0 saturated heterocycles. The van der Waals surface area contributed by atoms with E-state index >= 15 is 4.39 Å². The van der Waals surface area contributed by atoms with Crippen molar-refractivity contribution in [3.63, 3.8) is 0 Å². The highest BCUT2D eigenvalue weighted by molar-refractivity contribution is 5.95. The number of ether oxygens (including phenoxy) is 2. The van der Waals surface area contributed by atoms with Gasteiger partial charge in [0.25, 0.3) is 5.56 Å². The third-order valence-corrected chi connectivity index (χ3v) is 12.9. The molecule has 3 atom stereocenters. The Morgan fingerprint density at radius 3 is 2.30 bits per heavy atom. The SMILES string of the molecule is CC[C@@]1(O)C(=O)OCc2c1cc1n(c2=O)Cc2c-1nc1cc(F)c(C)c3c1c2C(NC(=O)CCCNC(=O)CNC(=O)C(Cc1ccccc1)NC(=O)CNC(=O)CNC(=O)CCNC(=O)OC(C)(C)C)CC3. The van der Waals surface area contributed by atoms with Crippen LogP contribution >= 0.6 is 0 Å². The molecule has 0 bridgehead atoms. The Morgan fingerprint density at radius 2 is 1.58 bits per heavy atom. The van der Waals surface area contributed by atoms with Crippen LogP contribution in [0.3, 0.4) is 0 Å². The van der Waals surface area contributed by atoms with Crippen LogP contribution in [0.1, 0.15) is 105 Å². The fourth-order valence-electron chi connectivity index (χ4n) is 9.20. The van der Waals surface area contributed by atoms with Crippen molar-refractivity contribution in [1.82, 2.24) is 46.8 Å². The van der Waals surface area contributed by atoms with E-state index in [0.717, 1.165) is 5.56 Å². The molecule has 0 fully saturated rings. The summed E-state index contributed by atoms with van der Waals surface area (Å²) in [4.78, 5) is 121. The summed E-state index contributed by atoms with van der Waals surface area (Å²) in [6.45, 7) is 6.81. The van der Waals surface area contributed by atoms with E-state index in [9.17, 15) is 48.3 Å². The number of nitrogens with zero attached hydrogens (tertiary/aromatic N) is 2. The molecular weight excluding hydrogens is 950 g/mol. The van der Waals surface area contributed by atoms with Crippen molar-refractivity contribution < 1.29 is 57.3 Å². The van der Waals surface area contributed by atoms with Crippen LogP contribution in [0.5, 0.6) is 0 Å². The molecule has 0 spiro atoms. The van der Waals surface area contributed by atoms with Gasteiger partial charge in [-0.1, -0.05) is 37.3 Å². The predicted octanol–water partition coefficient (Wildman–Crippen LogP) is 1.52. The molecule has 7 amide bonds. The van der Waals surface area contributed by atoms with E-state index in [1.165, 1.54) is 10.6 Å². The number of nitrogens with one attached hydrogen (secondary N) is 7. The number of hydrogen-bond acceptors (Lipinski definition) is 13. The lowest BCUT2D eigenvalue weighted by atomic mass is 9.81. The zero-order valence-electron chi connectivity index (χ0n) is 41.3. The summed E-state index contributed by atoms with van der Waals surface area (Å²) >= 11 is 0. The predicted molar refractivity (Wildman–Crippen MR) is 261 cm³/mol. The number of carbonyl (C=O) groups excluding carboxylic acids is 8. The number of alkyl carbamates (subject to hydrolysis) is 1. The molecule has 2 unspecified atom stereocenters. The maximum absolute atomic E-state index is 15.4.